The molecule has 1 N–H and O–H groups in total. The highest BCUT2D eigenvalue weighted by atomic mass is 16.5. The molecule has 1 aliphatic heterocycles. The van der Waals surface area contributed by atoms with E-state index in [1.165, 1.54) is 0 Å². The Hall–Kier alpha value is -4.10. The fraction of sp³-hybridized carbons (Fsp3) is 0.312. The Morgan fingerprint density at radius 2 is 1.67 bits per heavy atom. The highest BCUT2D eigenvalue weighted by molar-refractivity contribution is 6.46. The first-order valence-electron chi connectivity index (χ1n) is 13.3. The van der Waals surface area contributed by atoms with Gasteiger partial charge in [0.15, 0.2) is 0 Å². The molecule has 3 aromatic rings. The van der Waals surface area contributed by atoms with Gasteiger partial charge in [0.1, 0.15) is 23.9 Å². The summed E-state index contributed by atoms with van der Waals surface area (Å²) >= 11 is 0. The molecule has 39 heavy (non-hydrogen) atoms. The van der Waals surface area contributed by atoms with Gasteiger partial charge in [0.2, 0.25) is 0 Å². The second kappa shape index (κ2) is 13.1. The van der Waals surface area contributed by atoms with Crippen LogP contribution in [0.1, 0.15) is 42.5 Å². The van der Waals surface area contributed by atoms with Crippen LogP contribution in [0, 0.1) is 0 Å². The minimum absolute atomic E-state index is 0.0762. The first-order valence-corrected chi connectivity index (χ1v) is 13.3. The fourth-order valence-corrected chi connectivity index (χ4v) is 4.61. The molecule has 7 heteroatoms. The van der Waals surface area contributed by atoms with E-state index < -0.39 is 17.7 Å². The van der Waals surface area contributed by atoms with Crippen LogP contribution >= 0.6 is 0 Å². The first kappa shape index (κ1) is 27.9. The lowest BCUT2D eigenvalue weighted by atomic mass is 9.95. The van der Waals surface area contributed by atoms with Crippen LogP contribution in [0.15, 0.2) is 84.4 Å². The van der Waals surface area contributed by atoms with Crippen LogP contribution in [0.25, 0.3) is 5.76 Å². The first-order chi connectivity index (χ1) is 18.9. The molecule has 1 atom stereocenters. The van der Waals surface area contributed by atoms with Gasteiger partial charge in [-0.3, -0.25) is 9.59 Å². The molecule has 0 aromatic heterocycles. The Kier molecular flexibility index (Phi) is 9.39. The Morgan fingerprint density at radius 1 is 0.923 bits per heavy atom. The van der Waals surface area contributed by atoms with Crippen LogP contribution in [0.4, 0.5) is 0 Å². The number of likely N-dealkylation sites (tertiary alicyclic amines) is 1. The number of carbonyl (C=O) groups is 2. The lowest BCUT2D eigenvalue weighted by Gasteiger charge is -2.26. The maximum atomic E-state index is 13.3. The van der Waals surface area contributed by atoms with Crippen LogP contribution in [0.3, 0.4) is 0 Å². The quantitative estimate of drug-likeness (QED) is 0.192. The molecular weight excluding hydrogens is 492 g/mol. The summed E-state index contributed by atoms with van der Waals surface area (Å²) in [5, 5.41) is 11.4. The van der Waals surface area contributed by atoms with E-state index in [9.17, 15) is 14.7 Å². The molecule has 1 saturated heterocycles. The molecule has 0 aliphatic carbocycles. The summed E-state index contributed by atoms with van der Waals surface area (Å²) in [5.41, 5.74) is 2.26. The van der Waals surface area contributed by atoms with Crippen molar-refractivity contribution >= 4 is 17.4 Å². The molecule has 0 spiro atoms. The number of nitrogens with zero attached hydrogens (tertiary/aromatic N) is 2. The number of ketones is 1. The molecule has 3 aromatic carbocycles. The SMILES string of the molecule is CCCOc1ccc(/C(O)=C2\C(=O)C(=O)N(CCCN(C)C)C2c2cccc(OCc3ccccc3)c2)cc1. The van der Waals surface area contributed by atoms with Gasteiger partial charge in [-0.2, -0.15) is 0 Å². The predicted octanol–water partition coefficient (Wildman–Crippen LogP) is 5.43. The maximum absolute atomic E-state index is 13.3. The van der Waals surface area contributed by atoms with E-state index in [1.54, 1.807) is 29.2 Å². The number of hydrogen-bond acceptors (Lipinski definition) is 6. The Balaban J connectivity index is 1.69. The summed E-state index contributed by atoms with van der Waals surface area (Å²) in [6.07, 6.45) is 1.57. The average Bonchev–Trinajstić information content (AvgIpc) is 3.20. The molecular formula is C32H36N2O5. The van der Waals surface area contributed by atoms with Gasteiger partial charge < -0.3 is 24.4 Å². The summed E-state index contributed by atoms with van der Waals surface area (Å²) in [5.74, 6) is -0.209. The normalized spacial score (nSPS) is 16.6. The number of hydrogen-bond donors (Lipinski definition) is 1. The highest BCUT2D eigenvalue weighted by Crippen LogP contribution is 2.40. The van der Waals surface area contributed by atoms with Gasteiger partial charge in [-0.15, -0.1) is 0 Å². The van der Waals surface area contributed by atoms with Gasteiger partial charge in [-0.05, 0) is 81.0 Å². The fourth-order valence-electron chi connectivity index (χ4n) is 4.61. The zero-order valence-electron chi connectivity index (χ0n) is 22.8. The third-order valence-corrected chi connectivity index (χ3v) is 6.57. The van der Waals surface area contributed by atoms with Gasteiger partial charge in [-0.25, -0.2) is 0 Å². The molecule has 4 rings (SSSR count). The number of carbonyl (C=O) groups excluding carboxylic acids is 2. The zero-order valence-corrected chi connectivity index (χ0v) is 22.8. The van der Waals surface area contributed by atoms with E-state index in [0.29, 0.717) is 48.8 Å². The Labute approximate surface area is 230 Å². The molecule has 1 heterocycles. The van der Waals surface area contributed by atoms with Gasteiger partial charge in [0.25, 0.3) is 11.7 Å². The predicted molar refractivity (Wildman–Crippen MR) is 152 cm³/mol. The molecule has 1 fully saturated rings. The number of aliphatic hydroxyl groups is 1. The molecule has 0 saturated carbocycles. The number of aliphatic hydroxyl groups excluding tert-OH is 1. The third kappa shape index (κ3) is 6.86. The molecule has 0 radical (unpaired) electrons. The van der Waals surface area contributed by atoms with Gasteiger partial charge in [0.05, 0.1) is 18.2 Å². The van der Waals surface area contributed by atoms with E-state index in [-0.39, 0.29) is 11.3 Å². The molecule has 1 amide bonds. The lowest BCUT2D eigenvalue weighted by molar-refractivity contribution is -0.139. The lowest BCUT2D eigenvalue weighted by Crippen LogP contribution is -2.32. The number of ether oxygens (including phenoxy) is 2. The standard InChI is InChI=1S/C32H36N2O5/c1-4-20-38-26-16-14-24(15-17-26)30(35)28-29(34(32(37)31(28)36)19-9-18-33(2)3)25-12-8-13-27(21-25)39-22-23-10-6-5-7-11-23/h5-8,10-17,21,29,35H,4,9,18-20,22H2,1-3H3/b30-28+. The van der Waals surface area contributed by atoms with Crippen LogP contribution in [0.5, 0.6) is 11.5 Å². The van der Waals surface area contributed by atoms with Crippen molar-refractivity contribution in [3.05, 3.63) is 101 Å². The van der Waals surface area contributed by atoms with Gasteiger partial charge in [-0.1, -0.05) is 49.4 Å². The van der Waals surface area contributed by atoms with E-state index in [0.717, 1.165) is 18.5 Å². The van der Waals surface area contributed by atoms with Crippen LogP contribution in [0.2, 0.25) is 0 Å². The van der Waals surface area contributed by atoms with Crippen molar-refractivity contribution < 1.29 is 24.2 Å². The minimum Gasteiger partial charge on any atom is -0.507 e. The van der Waals surface area contributed by atoms with Gasteiger partial charge in [0, 0.05) is 12.1 Å². The second-order valence-electron chi connectivity index (χ2n) is 9.87. The number of rotatable bonds is 12. The van der Waals surface area contributed by atoms with Crippen LogP contribution < -0.4 is 9.47 Å². The van der Waals surface area contributed by atoms with E-state index in [2.05, 4.69) is 0 Å². The van der Waals surface area contributed by atoms with Crippen molar-refractivity contribution in [3.8, 4) is 11.5 Å². The number of amides is 1. The Bertz CT molecular complexity index is 1300. The van der Waals surface area contributed by atoms with Gasteiger partial charge >= 0.3 is 0 Å². The topological polar surface area (TPSA) is 79.3 Å². The van der Waals surface area contributed by atoms with Crippen molar-refractivity contribution in [2.45, 2.75) is 32.4 Å². The third-order valence-electron chi connectivity index (χ3n) is 6.57. The second-order valence-corrected chi connectivity index (χ2v) is 9.87. The summed E-state index contributed by atoms with van der Waals surface area (Å²) < 4.78 is 11.7. The van der Waals surface area contributed by atoms with Crippen LogP contribution in [-0.2, 0) is 16.2 Å². The van der Waals surface area contributed by atoms with Crippen molar-refractivity contribution in [2.24, 2.45) is 0 Å². The minimum atomic E-state index is -0.733. The maximum Gasteiger partial charge on any atom is 0.295 e. The summed E-state index contributed by atoms with van der Waals surface area (Å²) in [7, 11) is 3.93. The smallest absolute Gasteiger partial charge is 0.295 e. The highest BCUT2D eigenvalue weighted by Gasteiger charge is 2.45. The van der Waals surface area contributed by atoms with E-state index in [4.69, 9.17) is 9.47 Å². The van der Waals surface area contributed by atoms with Crippen LogP contribution in [-0.4, -0.2) is 60.4 Å². The molecule has 7 nitrogen and oxygen atoms in total. The monoisotopic (exact) mass is 528 g/mol. The van der Waals surface area contributed by atoms with E-state index in [1.807, 2.05) is 80.5 Å². The molecule has 0 bridgehead atoms. The van der Waals surface area contributed by atoms with E-state index >= 15 is 0 Å². The molecule has 1 aliphatic rings. The number of Topliss-reactive ketones (excluding diaryl/α,β-unsaturated/α-hetero) is 1. The van der Waals surface area contributed by atoms with Crippen molar-refractivity contribution in [3.63, 3.8) is 0 Å². The van der Waals surface area contributed by atoms with Crippen molar-refractivity contribution in [1.82, 2.24) is 9.80 Å². The molecule has 1 unspecified atom stereocenters. The Morgan fingerprint density at radius 3 is 2.36 bits per heavy atom. The van der Waals surface area contributed by atoms with Crippen molar-refractivity contribution in [2.75, 3.05) is 33.8 Å². The number of benzene rings is 3. The summed E-state index contributed by atoms with van der Waals surface area (Å²) in [4.78, 5) is 30.2. The average molecular weight is 529 g/mol. The van der Waals surface area contributed by atoms with Crippen molar-refractivity contribution in [1.29, 1.82) is 0 Å². The summed E-state index contributed by atoms with van der Waals surface area (Å²) in [6.45, 7) is 4.14. The largest absolute Gasteiger partial charge is 0.507 e. The summed E-state index contributed by atoms with van der Waals surface area (Å²) in [6, 6.07) is 23.4. The molecule has 204 valence electrons. The zero-order chi connectivity index (χ0) is 27.8.